The maximum absolute atomic E-state index is 13.0. The minimum atomic E-state index is 0.00946. The lowest BCUT2D eigenvalue weighted by molar-refractivity contribution is 0.0696. The summed E-state index contributed by atoms with van der Waals surface area (Å²) in [5.74, 6) is 1.32. The van der Waals surface area contributed by atoms with E-state index < -0.39 is 0 Å². The first-order valence-electron chi connectivity index (χ1n) is 8.95. The van der Waals surface area contributed by atoms with Crippen LogP contribution in [0.5, 0.6) is 0 Å². The summed E-state index contributed by atoms with van der Waals surface area (Å²) in [6.07, 6.45) is 7.52. The van der Waals surface area contributed by atoms with Crippen LogP contribution in [-0.4, -0.2) is 48.0 Å². The largest absolute Gasteiger partial charge is 0.362 e. The van der Waals surface area contributed by atoms with Crippen LogP contribution < -0.4 is 4.90 Å². The monoisotopic (exact) mass is 338 g/mol. The Bertz CT molecular complexity index is 724. The van der Waals surface area contributed by atoms with Gasteiger partial charge in [0.1, 0.15) is 11.4 Å². The van der Waals surface area contributed by atoms with Gasteiger partial charge in [0.05, 0.1) is 0 Å². The van der Waals surface area contributed by atoms with Crippen LogP contribution >= 0.6 is 0 Å². The fourth-order valence-corrected chi connectivity index (χ4v) is 3.42. The molecule has 5 nitrogen and oxygen atoms in total. The van der Waals surface area contributed by atoms with Gasteiger partial charge in [0.15, 0.2) is 5.82 Å². The summed E-state index contributed by atoms with van der Waals surface area (Å²) in [5, 5.41) is 0. The van der Waals surface area contributed by atoms with Gasteiger partial charge >= 0.3 is 0 Å². The molecule has 0 spiro atoms. The summed E-state index contributed by atoms with van der Waals surface area (Å²) in [6, 6.07) is 10.2. The fourth-order valence-electron chi connectivity index (χ4n) is 3.42. The summed E-state index contributed by atoms with van der Waals surface area (Å²) >= 11 is 0. The highest BCUT2D eigenvalue weighted by Gasteiger charge is 2.26. The van der Waals surface area contributed by atoms with E-state index in [-0.39, 0.29) is 5.91 Å². The molecule has 1 aliphatic rings. The molecule has 1 aliphatic carbocycles. The molecular formula is C20H26N4O. The van der Waals surface area contributed by atoms with Crippen molar-refractivity contribution in [2.75, 3.05) is 26.0 Å². The highest BCUT2D eigenvalue weighted by Crippen LogP contribution is 2.26. The summed E-state index contributed by atoms with van der Waals surface area (Å²) in [6.45, 7) is 0. The summed E-state index contributed by atoms with van der Waals surface area (Å²) < 4.78 is 0. The van der Waals surface area contributed by atoms with E-state index in [1.165, 1.54) is 19.3 Å². The molecule has 3 rings (SSSR count). The summed E-state index contributed by atoms with van der Waals surface area (Å²) in [7, 11) is 5.73. The van der Waals surface area contributed by atoms with Gasteiger partial charge in [-0.2, -0.15) is 0 Å². The second-order valence-corrected chi connectivity index (χ2v) is 6.90. The van der Waals surface area contributed by atoms with Crippen LogP contribution in [-0.2, 0) is 0 Å². The molecule has 0 bridgehead atoms. The molecule has 1 fully saturated rings. The Morgan fingerprint density at radius 2 is 1.72 bits per heavy atom. The first-order chi connectivity index (χ1) is 12.1. The van der Waals surface area contributed by atoms with Crippen LogP contribution in [0.15, 0.2) is 36.5 Å². The Morgan fingerprint density at radius 1 is 1.04 bits per heavy atom. The Balaban J connectivity index is 1.91. The van der Waals surface area contributed by atoms with Crippen LogP contribution in [0.1, 0.15) is 42.5 Å². The Morgan fingerprint density at radius 3 is 2.36 bits per heavy atom. The van der Waals surface area contributed by atoms with E-state index in [0.717, 1.165) is 18.4 Å². The number of hydrogen-bond acceptors (Lipinski definition) is 4. The third-order valence-electron chi connectivity index (χ3n) is 4.90. The average Bonchev–Trinajstić information content (AvgIpc) is 2.67. The molecule has 0 unspecified atom stereocenters. The minimum absolute atomic E-state index is 0.00946. The molecule has 132 valence electrons. The molecule has 0 atom stereocenters. The van der Waals surface area contributed by atoms with Gasteiger partial charge in [-0.3, -0.25) is 4.79 Å². The van der Waals surface area contributed by atoms with Crippen LogP contribution in [0.4, 0.5) is 5.82 Å². The standard InChI is InChI=1S/C20H26N4O/c1-23(2)19-17(20(25)24(3)16-12-8-5-9-13-16)14-21-18(22-19)15-10-6-4-7-11-15/h4,6-7,10-11,14,16H,5,8-9,12-13H2,1-3H3. The summed E-state index contributed by atoms with van der Waals surface area (Å²) in [5.41, 5.74) is 1.52. The predicted octanol–water partition coefficient (Wildman–Crippen LogP) is 3.61. The fraction of sp³-hybridized carbons (Fsp3) is 0.450. The number of amides is 1. The van der Waals surface area contributed by atoms with Crippen LogP contribution in [0.2, 0.25) is 0 Å². The van der Waals surface area contributed by atoms with E-state index in [0.29, 0.717) is 23.2 Å². The van der Waals surface area contributed by atoms with E-state index in [2.05, 4.69) is 9.97 Å². The number of anilines is 1. The lowest BCUT2D eigenvalue weighted by atomic mass is 9.94. The van der Waals surface area contributed by atoms with Crippen molar-refractivity contribution in [3.63, 3.8) is 0 Å². The van der Waals surface area contributed by atoms with Crippen molar-refractivity contribution in [1.29, 1.82) is 0 Å². The maximum atomic E-state index is 13.0. The number of carbonyl (C=O) groups excluding carboxylic acids is 1. The molecule has 1 amide bonds. The Hall–Kier alpha value is -2.43. The van der Waals surface area contributed by atoms with E-state index in [9.17, 15) is 4.79 Å². The summed E-state index contributed by atoms with van der Waals surface area (Å²) in [4.78, 5) is 25.9. The van der Waals surface area contributed by atoms with Crippen molar-refractivity contribution in [3.8, 4) is 11.4 Å². The van der Waals surface area contributed by atoms with Gasteiger partial charge in [-0.1, -0.05) is 49.6 Å². The van der Waals surface area contributed by atoms with Gasteiger partial charge in [-0.25, -0.2) is 9.97 Å². The molecule has 0 N–H and O–H groups in total. The number of carbonyl (C=O) groups is 1. The molecular weight excluding hydrogens is 312 g/mol. The number of aromatic nitrogens is 2. The lowest BCUT2D eigenvalue weighted by Gasteiger charge is -2.32. The van der Waals surface area contributed by atoms with Crippen molar-refractivity contribution in [3.05, 3.63) is 42.1 Å². The average molecular weight is 338 g/mol. The molecule has 1 aromatic heterocycles. The Labute approximate surface area is 149 Å². The quantitative estimate of drug-likeness (QED) is 0.854. The van der Waals surface area contributed by atoms with E-state index >= 15 is 0 Å². The smallest absolute Gasteiger partial charge is 0.259 e. The molecule has 2 aromatic rings. The van der Waals surface area contributed by atoms with Gasteiger partial charge in [0, 0.05) is 38.9 Å². The topological polar surface area (TPSA) is 49.3 Å². The normalized spacial score (nSPS) is 15.0. The zero-order chi connectivity index (χ0) is 17.8. The maximum Gasteiger partial charge on any atom is 0.259 e. The first-order valence-corrected chi connectivity index (χ1v) is 8.95. The van der Waals surface area contributed by atoms with Crippen molar-refractivity contribution in [1.82, 2.24) is 14.9 Å². The molecule has 0 radical (unpaired) electrons. The molecule has 1 saturated carbocycles. The van der Waals surface area contributed by atoms with Crippen LogP contribution in [0.3, 0.4) is 0 Å². The van der Waals surface area contributed by atoms with Crippen molar-refractivity contribution in [2.45, 2.75) is 38.1 Å². The SMILES string of the molecule is CN(C)c1nc(-c2ccccc2)ncc1C(=O)N(C)C1CCCCC1. The molecule has 1 heterocycles. The van der Waals surface area contributed by atoms with Crippen LogP contribution in [0.25, 0.3) is 11.4 Å². The van der Waals surface area contributed by atoms with Crippen molar-refractivity contribution in [2.24, 2.45) is 0 Å². The third-order valence-corrected chi connectivity index (χ3v) is 4.90. The first kappa shape index (κ1) is 17.4. The number of benzene rings is 1. The molecule has 1 aromatic carbocycles. The molecule has 0 saturated heterocycles. The van der Waals surface area contributed by atoms with Gasteiger partial charge in [0.25, 0.3) is 5.91 Å². The second-order valence-electron chi connectivity index (χ2n) is 6.90. The van der Waals surface area contributed by atoms with Gasteiger partial charge in [-0.15, -0.1) is 0 Å². The molecule has 5 heteroatoms. The zero-order valence-corrected chi connectivity index (χ0v) is 15.3. The van der Waals surface area contributed by atoms with Crippen LogP contribution in [0, 0.1) is 0 Å². The zero-order valence-electron chi connectivity index (χ0n) is 15.3. The molecule has 0 aliphatic heterocycles. The predicted molar refractivity (Wildman–Crippen MR) is 101 cm³/mol. The second kappa shape index (κ2) is 7.64. The van der Waals surface area contributed by atoms with E-state index in [1.54, 1.807) is 6.20 Å². The van der Waals surface area contributed by atoms with Crippen molar-refractivity contribution >= 4 is 11.7 Å². The lowest BCUT2D eigenvalue weighted by Crippen LogP contribution is -2.39. The van der Waals surface area contributed by atoms with Gasteiger partial charge in [0.2, 0.25) is 0 Å². The minimum Gasteiger partial charge on any atom is -0.362 e. The highest BCUT2D eigenvalue weighted by molar-refractivity contribution is 5.98. The third kappa shape index (κ3) is 3.81. The number of nitrogens with zero attached hydrogens (tertiary/aromatic N) is 4. The van der Waals surface area contributed by atoms with Gasteiger partial charge < -0.3 is 9.80 Å². The number of hydrogen-bond donors (Lipinski definition) is 0. The van der Waals surface area contributed by atoms with Gasteiger partial charge in [-0.05, 0) is 12.8 Å². The van der Waals surface area contributed by atoms with Crippen molar-refractivity contribution < 1.29 is 4.79 Å². The van der Waals surface area contributed by atoms with E-state index in [1.807, 2.05) is 61.3 Å². The number of rotatable bonds is 4. The Kier molecular flexibility index (Phi) is 5.31. The van der Waals surface area contributed by atoms with E-state index in [4.69, 9.17) is 0 Å². The highest BCUT2D eigenvalue weighted by atomic mass is 16.2. The molecule has 25 heavy (non-hydrogen) atoms.